The maximum atomic E-state index is 6.13. The predicted molar refractivity (Wildman–Crippen MR) is 127 cm³/mol. The normalized spacial score (nSPS) is 11.5. The van der Waals surface area contributed by atoms with E-state index in [2.05, 4.69) is 10.3 Å². The Morgan fingerprint density at radius 2 is 1.55 bits per heavy atom. The number of benzene rings is 1. The van der Waals surface area contributed by atoms with E-state index in [0.717, 1.165) is 22.8 Å². The number of hydrogen-bond acceptors (Lipinski definition) is 8. The van der Waals surface area contributed by atoms with Gasteiger partial charge in [0.05, 0.1) is 69.7 Å². The smallest absolute Gasteiger partial charge is 0.172 e. The zero-order chi connectivity index (χ0) is 22.3. The molecule has 0 amide bonds. The lowest BCUT2D eigenvalue weighted by atomic mass is 10.1. The first-order valence-corrected chi connectivity index (χ1v) is 12.3. The highest BCUT2D eigenvalue weighted by Gasteiger charge is 2.10. The van der Waals surface area contributed by atoms with Gasteiger partial charge >= 0.3 is 0 Å². The standard InChI is InChI=1S/C21H33ClN3O5P/c1-3-29-31(30-4-2)16-15-28-14-13-27-12-11-26-10-9-24-20-17-7-5-6-8-18(17)25-21(22)19(20)23/h5-8H,3-4,9-16,23H2,1-2H3,(H,24,25). The number of ether oxygens (including phenoxy) is 3. The number of para-hydroxylation sites is 1. The van der Waals surface area contributed by atoms with Crippen molar-refractivity contribution in [1.29, 1.82) is 0 Å². The van der Waals surface area contributed by atoms with E-state index in [1.165, 1.54) is 0 Å². The molecule has 2 rings (SSSR count). The van der Waals surface area contributed by atoms with Crippen LogP contribution in [0.2, 0.25) is 5.15 Å². The van der Waals surface area contributed by atoms with Gasteiger partial charge in [0.15, 0.2) is 13.5 Å². The number of aromatic nitrogens is 1. The van der Waals surface area contributed by atoms with Gasteiger partial charge < -0.3 is 34.3 Å². The minimum absolute atomic E-state index is 0.296. The van der Waals surface area contributed by atoms with Crippen molar-refractivity contribution in [1.82, 2.24) is 4.98 Å². The number of nitrogens with two attached hydrogens (primary N) is 1. The molecule has 0 aliphatic rings. The molecule has 0 saturated heterocycles. The number of halogens is 1. The highest BCUT2D eigenvalue weighted by atomic mass is 35.5. The number of fused-ring (bicyclic) bond motifs is 1. The number of nitrogen functional groups attached to an aromatic ring is 1. The zero-order valence-corrected chi connectivity index (χ0v) is 19.9. The molecule has 31 heavy (non-hydrogen) atoms. The van der Waals surface area contributed by atoms with E-state index in [0.29, 0.717) is 70.2 Å². The molecule has 0 spiro atoms. The lowest BCUT2D eigenvalue weighted by molar-refractivity contribution is 0.0189. The van der Waals surface area contributed by atoms with Crippen LogP contribution in [-0.2, 0) is 23.3 Å². The lowest BCUT2D eigenvalue weighted by Crippen LogP contribution is -2.15. The van der Waals surface area contributed by atoms with Crippen molar-refractivity contribution >= 4 is 42.3 Å². The Morgan fingerprint density at radius 3 is 2.23 bits per heavy atom. The van der Waals surface area contributed by atoms with Crippen LogP contribution in [0.5, 0.6) is 0 Å². The van der Waals surface area contributed by atoms with Crippen molar-refractivity contribution in [2.24, 2.45) is 0 Å². The van der Waals surface area contributed by atoms with E-state index in [1.807, 2.05) is 38.1 Å². The molecule has 1 aromatic carbocycles. The Hall–Kier alpha value is -1.25. The monoisotopic (exact) mass is 473 g/mol. The molecule has 174 valence electrons. The minimum Gasteiger partial charge on any atom is -0.395 e. The molecule has 3 N–H and O–H groups in total. The summed E-state index contributed by atoms with van der Waals surface area (Å²) >= 11 is 6.13. The van der Waals surface area contributed by atoms with Crippen molar-refractivity contribution in [3.63, 3.8) is 0 Å². The second-order valence-corrected chi connectivity index (χ2v) is 8.35. The fraction of sp³-hybridized carbons (Fsp3) is 0.571. The van der Waals surface area contributed by atoms with Crippen LogP contribution in [0.25, 0.3) is 10.9 Å². The second-order valence-electron chi connectivity index (χ2n) is 6.36. The van der Waals surface area contributed by atoms with Crippen LogP contribution in [-0.4, -0.2) is 70.5 Å². The summed E-state index contributed by atoms with van der Waals surface area (Å²) in [5, 5.41) is 4.52. The van der Waals surface area contributed by atoms with Gasteiger partial charge in [-0.25, -0.2) is 4.98 Å². The van der Waals surface area contributed by atoms with Crippen LogP contribution >= 0.6 is 20.0 Å². The number of pyridine rings is 1. The Labute approximate surface area is 190 Å². The Kier molecular flexibility index (Phi) is 13.0. The zero-order valence-electron chi connectivity index (χ0n) is 18.3. The van der Waals surface area contributed by atoms with Crippen LogP contribution in [0, 0.1) is 0 Å². The first-order valence-electron chi connectivity index (χ1n) is 10.5. The summed E-state index contributed by atoms with van der Waals surface area (Å²) in [5.41, 5.74) is 8.11. The van der Waals surface area contributed by atoms with Gasteiger partial charge in [-0.3, -0.25) is 0 Å². The van der Waals surface area contributed by atoms with E-state index in [9.17, 15) is 0 Å². The molecule has 0 aliphatic heterocycles. The first-order chi connectivity index (χ1) is 15.2. The van der Waals surface area contributed by atoms with Crippen molar-refractivity contribution < 1.29 is 23.3 Å². The van der Waals surface area contributed by atoms with Crippen LogP contribution in [0.4, 0.5) is 11.4 Å². The van der Waals surface area contributed by atoms with Gasteiger partial charge in [0, 0.05) is 18.1 Å². The number of nitrogens with one attached hydrogen (secondary N) is 1. The quantitative estimate of drug-likeness (QED) is 0.199. The van der Waals surface area contributed by atoms with Gasteiger partial charge in [0.1, 0.15) is 0 Å². The average molecular weight is 474 g/mol. The Bertz CT molecular complexity index is 765. The van der Waals surface area contributed by atoms with Crippen molar-refractivity contribution in [2.75, 3.05) is 76.6 Å². The SMILES string of the molecule is CCOP(CCOCCOCCOCCNc1c(N)c(Cl)nc2ccccc12)OCC. The van der Waals surface area contributed by atoms with Gasteiger partial charge in [-0.2, -0.15) is 0 Å². The van der Waals surface area contributed by atoms with Gasteiger partial charge in [-0.15, -0.1) is 0 Å². The number of anilines is 2. The third-order valence-electron chi connectivity index (χ3n) is 4.14. The van der Waals surface area contributed by atoms with Crippen LogP contribution in [0.15, 0.2) is 24.3 Å². The molecule has 0 saturated carbocycles. The second kappa shape index (κ2) is 15.5. The first kappa shape index (κ1) is 26.0. The summed E-state index contributed by atoms with van der Waals surface area (Å²) in [6.07, 6.45) is 0.773. The molecule has 2 aromatic rings. The summed E-state index contributed by atoms with van der Waals surface area (Å²) in [5.74, 6) is 0. The van der Waals surface area contributed by atoms with Gasteiger partial charge in [0.2, 0.25) is 0 Å². The topological polar surface area (TPSA) is 97.1 Å². The third kappa shape index (κ3) is 9.41. The van der Waals surface area contributed by atoms with Crippen LogP contribution < -0.4 is 11.1 Å². The molecule has 0 radical (unpaired) electrons. The van der Waals surface area contributed by atoms with Crippen molar-refractivity contribution in [2.45, 2.75) is 13.8 Å². The maximum Gasteiger partial charge on any atom is 0.172 e. The molecular weight excluding hydrogens is 441 g/mol. The molecule has 0 bridgehead atoms. The molecule has 0 unspecified atom stereocenters. The molecule has 0 fully saturated rings. The van der Waals surface area contributed by atoms with Crippen molar-refractivity contribution in [3.05, 3.63) is 29.4 Å². The van der Waals surface area contributed by atoms with Gasteiger partial charge in [-0.1, -0.05) is 29.8 Å². The minimum atomic E-state index is -0.839. The molecule has 1 aromatic heterocycles. The van der Waals surface area contributed by atoms with Crippen LogP contribution in [0.3, 0.4) is 0 Å². The molecule has 0 aliphatic carbocycles. The molecular formula is C21H33ClN3O5P. The fourth-order valence-corrected chi connectivity index (χ4v) is 4.14. The van der Waals surface area contributed by atoms with E-state index in [1.54, 1.807) is 0 Å². The summed E-state index contributed by atoms with van der Waals surface area (Å²) in [4.78, 5) is 4.30. The Morgan fingerprint density at radius 1 is 0.935 bits per heavy atom. The van der Waals surface area contributed by atoms with E-state index in [-0.39, 0.29) is 0 Å². The largest absolute Gasteiger partial charge is 0.395 e. The van der Waals surface area contributed by atoms with E-state index in [4.69, 9.17) is 40.6 Å². The van der Waals surface area contributed by atoms with Gasteiger partial charge in [0.25, 0.3) is 0 Å². The fourth-order valence-electron chi connectivity index (χ4n) is 2.77. The summed E-state index contributed by atoms with van der Waals surface area (Å²) in [6, 6.07) is 7.72. The molecule has 10 heteroatoms. The summed E-state index contributed by atoms with van der Waals surface area (Å²) < 4.78 is 27.7. The van der Waals surface area contributed by atoms with E-state index < -0.39 is 8.38 Å². The molecule has 1 heterocycles. The summed E-state index contributed by atoms with van der Waals surface area (Å²) in [7, 11) is -0.839. The highest BCUT2D eigenvalue weighted by molar-refractivity contribution is 7.47. The number of nitrogens with zero attached hydrogens (tertiary/aromatic N) is 1. The maximum absolute atomic E-state index is 6.13. The Balaban J connectivity index is 1.51. The average Bonchev–Trinajstić information content (AvgIpc) is 2.77. The summed E-state index contributed by atoms with van der Waals surface area (Å²) in [6.45, 7) is 9.06. The van der Waals surface area contributed by atoms with Crippen LogP contribution in [0.1, 0.15) is 13.8 Å². The molecule has 0 atom stereocenters. The number of rotatable bonds is 17. The predicted octanol–water partition coefficient (Wildman–Crippen LogP) is 4.32. The van der Waals surface area contributed by atoms with Crippen molar-refractivity contribution in [3.8, 4) is 0 Å². The molecule has 8 nitrogen and oxygen atoms in total. The highest BCUT2D eigenvalue weighted by Crippen LogP contribution is 2.37. The van der Waals surface area contributed by atoms with E-state index >= 15 is 0 Å². The third-order valence-corrected chi connectivity index (χ3v) is 6.07. The van der Waals surface area contributed by atoms with Gasteiger partial charge in [-0.05, 0) is 19.9 Å². The number of hydrogen-bond donors (Lipinski definition) is 2. The lowest BCUT2D eigenvalue weighted by Gasteiger charge is -2.15.